The van der Waals surface area contributed by atoms with Gasteiger partial charge in [-0.25, -0.2) is 0 Å². The number of halogens is 1. The number of allylic oxidation sites excluding steroid dienone is 3. The van der Waals surface area contributed by atoms with Gasteiger partial charge in [-0.1, -0.05) is 41.9 Å². The summed E-state index contributed by atoms with van der Waals surface area (Å²) in [5, 5.41) is 3.85. The van der Waals surface area contributed by atoms with Crippen LogP contribution in [0.4, 0.5) is 0 Å². The number of H-pyrrole nitrogens is 1. The normalized spacial score (nSPS) is 17.7. The zero-order chi connectivity index (χ0) is 18.5. The highest BCUT2D eigenvalue weighted by molar-refractivity contribution is 6.33. The lowest BCUT2D eigenvalue weighted by Gasteiger charge is -2.25. The SMILES string of the molecule is C#C.O=C(N[C@@H]1CCc2ccccc2C1)c1cc2c([nH]1)CC=CC(Cl)=C2. The van der Waals surface area contributed by atoms with Gasteiger partial charge in [0.2, 0.25) is 0 Å². The Morgan fingerprint density at radius 1 is 1.23 bits per heavy atom. The topological polar surface area (TPSA) is 44.9 Å². The maximum Gasteiger partial charge on any atom is 0.267 e. The van der Waals surface area contributed by atoms with Crippen molar-refractivity contribution in [1.82, 2.24) is 10.3 Å². The number of hydrogen-bond acceptors (Lipinski definition) is 1. The van der Waals surface area contributed by atoms with Crippen LogP contribution < -0.4 is 5.32 Å². The molecule has 0 fully saturated rings. The zero-order valence-electron chi connectivity index (χ0n) is 14.5. The monoisotopic (exact) mass is 364 g/mol. The average molecular weight is 365 g/mol. The van der Waals surface area contributed by atoms with Gasteiger partial charge in [0.25, 0.3) is 5.91 Å². The Morgan fingerprint density at radius 2 is 2.00 bits per heavy atom. The Labute approximate surface area is 159 Å². The van der Waals surface area contributed by atoms with Crippen LogP contribution in [0.15, 0.2) is 47.5 Å². The van der Waals surface area contributed by atoms with Gasteiger partial charge in [-0.2, -0.15) is 0 Å². The van der Waals surface area contributed by atoms with Gasteiger partial charge >= 0.3 is 0 Å². The lowest BCUT2D eigenvalue weighted by atomic mass is 9.88. The Hall–Kier alpha value is -2.70. The highest BCUT2D eigenvalue weighted by Crippen LogP contribution is 2.23. The van der Waals surface area contributed by atoms with Crippen LogP contribution in [-0.2, 0) is 19.3 Å². The fourth-order valence-corrected chi connectivity index (χ4v) is 3.71. The maximum absolute atomic E-state index is 12.6. The van der Waals surface area contributed by atoms with Crippen LogP contribution in [0.1, 0.15) is 39.3 Å². The Balaban J connectivity index is 0.000000948. The number of carbonyl (C=O) groups excluding carboxylic acids is 1. The van der Waals surface area contributed by atoms with Gasteiger partial charge in [0.1, 0.15) is 5.69 Å². The summed E-state index contributed by atoms with van der Waals surface area (Å²) in [5.41, 5.74) is 5.37. The van der Waals surface area contributed by atoms with Crippen molar-refractivity contribution in [3.8, 4) is 12.8 Å². The van der Waals surface area contributed by atoms with Crippen molar-refractivity contribution in [1.29, 1.82) is 0 Å². The van der Waals surface area contributed by atoms with Crippen LogP contribution in [-0.4, -0.2) is 16.9 Å². The van der Waals surface area contributed by atoms with Crippen molar-refractivity contribution in [3.63, 3.8) is 0 Å². The van der Waals surface area contributed by atoms with Crippen LogP contribution >= 0.6 is 11.6 Å². The van der Waals surface area contributed by atoms with Crippen molar-refractivity contribution >= 4 is 23.6 Å². The fourth-order valence-electron chi connectivity index (χ4n) is 3.50. The van der Waals surface area contributed by atoms with Gasteiger partial charge in [0, 0.05) is 23.2 Å². The summed E-state index contributed by atoms with van der Waals surface area (Å²) in [6.45, 7) is 0. The Morgan fingerprint density at radius 3 is 2.81 bits per heavy atom. The third-order valence-corrected chi connectivity index (χ3v) is 4.99. The molecular formula is C22H21ClN2O. The molecule has 0 spiro atoms. The van der Waals surface area contributed by atoms with E-state index >= 15 is 0 Å². The van der Waals surface area contributed by atoms with Gasteiger partial charge in [-0.3, -0.25) is 4.79 Å². The van der Waals surface area contributed by atoms with E-state index in [1.54, 1.807) is 0 Å². The largest absolute Gasteiger partial charge is 0.354 e. The molecule has 1 aromatic heterocycles. The molecule has 1 amide bonds. The van der Waals surface area contributed by atoms with E-state index in [4.69, 9.17) is 11.6 Å². The van der Waals surface area contributed by atoms with Gasteiger partial charge in [0.15, 0.2) is 0 Å². The minimum Gasteiger partial charge on any atom is -0.354 e. The lowest BCUT2D eigenvalue weighted by molar-refractivity contribution is 0.0929. The molecule has 0 saturated carbocycles. The molecule has 4 rings (SSSR count). The molecule has 132 valence electrons. The highest BCUT2D eigenvalue weighted by atomic mass is 35.5. The van der Waals surface area contributed by atoms with Crippen LogP contribution in [0.3, 0.4) is 0 Å². The van der Waals surface area contributed by atoms with Crippen LogP contribution in [0, 0.1) is 12.8 Å². The maximum atomic E-state index is 12.6. The zero-order valence-corrected chi connectivity index (χ0v) is 15.2. The van der Waals surface area contributed by atoms with E-state index in [0.29, 0.717) is 10.7 Å². The molecule has 1 atom stereocenters. The van der Waals surface area contributed by atoms with Crippen molar-refractivity contribution < 1.29 is 4.79 Å². The van der Waals surface area contributed by atoms with Crippen LogP contribution in [0.2, 0.25) is 0 Å². The molecule has 1 heterocycles. The third-order valence-electron chi connectivity index (χ3n) is 4.75. The number of aromatic amines is 1. The number of terminal acetylenes is 1. The molecule has 2 aliphatic carbocycles. The number of benzene rings is 1. The number of carbonyl (C=O) groups is 1. The molecule has 0 unspecified atom stereocenters. The summed E-state index contributed by atoms with van der Waals surface area (Å²) < 4.78 is 0. The second kappa shape index (κ2) is 8.12. The third kappa shape index (κ3) is 3.92. The summed E-state index contributed by atoms with van der Waals surface area (Å²) in [7, 11) is 0. The van der Waals surface area contributed by atoms with Crippen LogP contribution in [0.25, 0.3) is 6.08 Å². The van der Waals surface area contributed by atoms with Gasteiger partial charge in [-0.15, -0.1) is 12.8 Å². The average Bonchev–Trinajstić information content (AvgIpc) is 2.97. The predicted octanol–water partition coefficient (Wildman–Crippen LogP) is 4.24. The van der Waals surface area contributed by atoms with Gasteiger partial charge in [0.05, 0.1) is 0 Å². The molecule has 4 heteroatoms. The molecule has 2 aliphatic rings. The summed E-state index contributed by atoms with van der Waals surface area (Å²) in [6.07, 6.45) is 17.4. The van der Waals surface area contributed by atoms with Gasteiger partial charge < -0.3 is 10.3 Å². The van der Waals surface area contributed by atoms with Crippen molar-refractivity contribution in [2.24, 2.45) is 0 Å². The van der Waals surface area contributed by atoms with E-state index in [1.165, 1.54) is 11.1 Å². The second-order valence-corrected chi connectivity index (χ2v) is 6.87. The summed E-state index contributed by atoms with van der Waals surface area (Å²) in [4.78, 5) is 15.8. The summed E-state index contributed by atoms with van der Waals surface area (Å²) in [5.74, 6) is -0.0408. The molecule has 26 heavy (non-hydrogen) atoms. The van der Waals surface area contributed by atoms with Crippen molar-refractivity contribution in [3.05, 3.63) is 75.6 Å². The molecule has 1 aromatic carbocycles. The van der Waals surface area contributed by atoms with E-state index in [-0.39, 0.29) is 11.9 Å². The predicted molar refractivity (Wildman–Crippen MR) is 107 cm³/mol. The van der Waals surface area contributed by atoms with Crippen molar-refractivity contribution in [2.75, 3.05) is 0 Å². The smallest absolute Gasteiger partial charge is 0.267 e. The number of fused-ring (bicyclic) bond motifs is 2. The Kier molecular flexibility index (Phi) is 5.65. The molecule has 0 saturated heterocycles. The minimum atomic E-state index is -0.0408. The first-order valence-corrected chi connectivity index (χ1v) is 9.03. The molecule has 0 radical (unpaired) electrons. The van der Waals surface area contributed by atoms with E-state index in [2.05, 4.69) is 47.4 Å². The lowest BCUT2D eigenvalue weighted by Crippen LogP contribution is -2.39. The number of nitrogens with one attached hydrogen (secondary N) is 2. The number of aromatic nitrogens is 1. The number of amides is 1. The highest BCUT2D eigenvalue weighted by Gasteiger charge is 2.21. The standard InChI is InChI=1S/C20H19ClN2O.C2H2/c21-16-6-3-7-18-15(10-16)12-19(23-18)20(24)22-17-9-8-13-4-1-2-5-14(13)11-17;1-2/h1-6,10,12,17,23H,7-9,11H2,(H,22,24);1-2H/t17-;/m1./s1. The first kappa shape index (κ1) is 18.1. The molecule has 2 aromatic rings. The minimum absolute atomic E-state index is 0.0408. The number of rotatable bonds is 2. The van der Waals surface area contributed by atoms with E-state index in [1.807, 2.05) is 24.3 Å². The first-order chi connectivity index (χ1) is 12.7. The van der Waals surface area contributed by atoms with Crippen molar-refractivity contribution in [2.45, 2.75) is 31.7 Å². The molecule has 2 N–H and O–H groups in total. The molecule has 3 nitrogen and oxygen atoms in total. The van der Waals surface area contributed by atoms with E-state index in [9.17, 15) is 4.79 Å². The molecule has 0 bridgehead atoms. The quantitative estimate of drug-likeness (QED) is 0.769. The molecular weight excluding hydrogens is 344 g/mol. The fraction of sp³-hybridized carbons (Fsp3) is 0.227. The van der Waals surface area contributed by atoms with E-state index < -0.39 is 0 Å². The Bertz CT molecular complexity index is 889. The number of hydrogen-bond donors (Lipinski definition) is 2. The van der Waals surface area contributed by atoms with E-state index in [0.717, 1.165) is 36.9 Å². The van der Waals surface area contributed by atoms with Crippen LogP contribution in [0.5, 0.6) is 0 Å². The molecule has 0 aliphatic heterocycles. The van der Waals surface area contributed by atoms with Gasteiger partial charge in [-0.05, 0) is 54.2 Å². The first-order valence-electron chi connectivity index (χ1n) is 8.65. The second-order valence-electron chi connectivity index (χ2n) is 6.43. The number of aryl methyl sites for hydroxylation is 1. The summed E-state index contributed by atoms with van der Waals surface area (Å²) >= 11 is 6.10. The summed E-state index contributed by atoms with van der Waals surface area (Å²) in [6, 6.07) is 10.6.